The topological polar surface area (TPSA) is 71.8 Å². The van der Waals surface area contributed by atoms with Crippen LogP contribution in [0.15, 0.2) is 36.8 Å². The highest BCUT2D eigenvalue weighted by Gasteiger charge is 2.28. The van der Waals surface area contributed by atoms with Gasteiger partial charge in [-0.2, -0.15) is 5.10 Å². The molecular weight excluding hydrogens is 338 g/mol. The van der Waals surface area contributed by atoms with Gasteiger partial charge in [0.15, 0.2) is 0 Å². The van der Waals surface area contributed by atoms with E-state index >= 15 is 0 Å². The second-order valence-corrected chi connectivity index (χ2v) is 7.07. The normalized spacial score (nSPS) is 17.4. The molecule has 0 spiro atoms. The number of nitrogens with one attached hydrogen (secondary N) is 1. The van der Waals surface area contributed by atoms with Crippen molar-refractivity contribution in [1.82, 2.24) is 29.6 Å². The van der Waals surface area contributed by atoms with Crippen LogP contribution in [0.3, 0.4) is 0 Å². The Hall–Kier alpha value is -2.80. The average molecular weight is 363 g/mol. The third-order valence-electron chi connectivity index (χ3n) is 5.36. The maximum absolute atomic E-state index is 4.57. The van der Waals surface area contributed by atoms with Crippen LogP contribution >= 0.6 is 0 Å². The molecule has 7 heteroatoms. The van der Waals surface area contributed by atoms with Crippen molar-refractivity contribution in [2.24, 2.45) is 7.05 Å². The van der Waals surface area contributed by atoms with Crippen molar-refractivity contribution >= 4 is 11.8 Å². The second kappa shape index (κ2) is 7.44. The monoisotopic (exact) mass is 363 g/mol. The molecule has 1 unspecified atom stereocenters. The standard InChI is InChI=1S/C20H25N7/c1-14-17(15(2)26(3)25-14)13-27-11-4-6-18(27)16-7-10-21-19(12-16)24-20-22-8-5-9-23-20/h5,7-10,12,18H,4,6,11,13H2,1-3H3,(H,21,22,23,24). The summed E-state index contributed by atoms with van der Waals surface area (Å²) in [6.07, 6.45) is 7.66. The van der Waals surface area contributed by atoms with Gasteiger partial charge in [-0.25, -0.2) is 15.0 Å². The molecule has 140 valence electrons. The first kappa shape index (κ1) is 17.6. The maximum atomic E-state index is 4.57. The summed E-state index contributed by atoms with van der Waals surface area (Å²) in [5.41, 5.74) is 4.99. The molecule has 0 amide bonds. The van der Waals surface area contributed by atoms with Gasteiger partial charge in [-0.15, -0.1) is 0 Å². The van der Waals surface area contributed by atoms with Crippen LogP contribution in [0, 0.1) is 13.8 Å². The van der Waals surface area contributed by atoms with Gasteiger partial charge in [-0.05, 0) is 57.0 Å². The Labute approximate surface area is 159 Å². The molecule has 7 nitrogen and oxygen atoms in total. The summed E-state index contributed by atoms with van der Waals surface area (Å²) in [5.74, 6) is 1.34. The Morgan fingerprint density at radius 1 is 1.15 bits per heavy atom. The van der Waals surface area contributed by atoms with Gasteiger partial charge in [0.05, 0.1) is 5.69 Å². The van der Waals surface area contributed by atoms with Crippen molar-refractivity contribution in [1.29, 1.82) is 0 Å². The highest BCUT2D eigenvalue weighted by atomic mass is 15.3. The van der Waals surface area contributed by atoms with E-state index in [-0.39, 0.29) is 0 Å². The number of rotatable bonds is 5. The van der Waals surface area contributed by atoms with Gasteiger partial charge in [0.2, 0.25) is 5.95 Å². The molecule has 27 heavy (non-hydrogen) atoms. The molecule has 1 atom stereocenters. The fourth-order valence-electron chi connectivity index (χ4n) is 3.84. The third-order valence-corrected chi connectivity index (χ3v) is 5.36. The predicted octanol–water partition coefficient (Wildman–Crippen LogP) is 3.30. The molecule has 0 aromatic carbocycles. The number of hydrogen-bond donors (Lipinski definition) is 1. The van der Waals surface area contributed by atoms with E-state index in [0.29, 0.717) is 12.0 Å². The smallest absolute Gasteiger partial charge is 0.228 e. The fourth-order valence-corrected chi connectivity index (χ4v) is 3.84. The lowest BCUT2D eigenvalue weighted by atomic mass is 10.0. The number of hydrogen-bond acceptors (Lipinski definition) is 6. The zero-order valence-corrected chi connectivity index (χ0v) is 16.1. The third kappa shape index (κ3) is 3.68. The number of aromatic nitrogens is 5. The molecule has 3 aromatic rings. The molecule has 4 rings (SSSR count). The van der Waals surface area contributed by atoms with Gasteiger partial charge in [0.1, 0.15) is 5.82 Å². The highest BCUT2D eigenvalue weighted by Crippen LogP contribution is 2.34. The molecule has 1 fully saturated rings. The SMILES string of the molecule is Cc1nn(C)c(C)c1CN1CCCC1c1ccnc(Nc2ncccn2)c1. The summed E-state index contributed by atoms with van der Waals surface area (Å²) in [6, 6.07) is 6.42. The van der Waals surface area contributed by atoms with Gasteiger partial charge >= 0.3 is 0 Å². The van der Waals surface area contributed by atoms with E-state index in [2.05, 4.69) is 56.2 Å². The number of anilines is 2. The molecule has 1 aliphatic rings. The Kier molecular flexibility index (Phi) is 4.85. The van der Waals surface area contributed by atoms with Crippen LogP contribution in [-0.4, -0.2) is 36.2 Å². The molecule has 0 radical (unpaired) electrons. The zero-order chi connectivity index (χ0) is 18.8. The van der Waals surface area contributed by atoms with Crippen molar-refractivity contribution in [2.45, 2.75) is 39.3 Å². The summed E-state index contributed by atoms with van der Waals surface area (Å²) >= 11 is 0. The summed E-state index contributed by atoms with van der Waals surface area (Å²) in [5, 5.41) is 7.76. The highest BCUT2D eigenvalue weighted by molar-refractivity contribution is 5.48. The Morgan fingerprint density at radius 3 is 2.70 bits per heavy atom. The van der Waals surface area contributed by atoms with Crippen LogP contribution in [0.1, 0.15) is 41.4 Å². The molecule has 4 heterocycles. The predicted molar refractivity (Wildman–Crippen MR) is 105 cm³/mol. The van der Waals surface area contributed by atoms with Crippen LogP contribution < -0.4 is 5.32 Å². The van der Waals surface area contributed by atoms with E-state index < -0.39 is 0 Å². The molecular formula is C20H25N7. The van der Waals surface area contributed by atoms with E-state index in [9.17, 15) is 0 Å². The number of aryl methyl sites for hydroxylation is 2. The van der Waals surface area contributed by atoms with Crippen molar-refractivity contribution in [3.63, 3.8) is 0 Å². The van der Waals surface area contributed by atoms with Crippen molar-refractivity contribution < 1.29 is 0 Å². The Morgan fingerprint density at radius 2 is 1.96 bits per heavy atom. The van der Waals surface area contributed by atoms with Crippen molar-refractivity contribution in [3.05, 3.63) is 59.3 Å². The molecule has 0 saturated carbocycles. The van der Waals surface area contributed by atoms with E-state index in [0.717, 1.165) is 31.0 Å². The molecule has 1 N–H and O–H groups in total. The van der Waals surface area contributed by atoms with Crippen LogP contribution in [0.5, 0.6) is 0 Å². The first-order chi connectivity index (χ1) is 13.1. The minimum absolute atomic E-state index is 0.393. The Balaban J connectivity index is 1.54. The van der Waals surface area contributed by atoms with Crippen LogP contribution in [0.2, 0.25) is 0 Å². The van der Waals surface area contributed by atoms with Crippen molar-refractivity contribution in [3.8, 4) is 0 Å². The lowest BCUT2D eigenvalue weighted by molar-refractivity contribution is 0.247. The van der Waals surface area contributed by atoms with Gasteiger partial charge in [-0.1, -0.05) is 0 Å². The molecule has 1 aliphatic heterocycles. The number of nitrogens with zero attached hydrogens (tertiary/aromatic N) is 6. The van der Waals surface area contributed by atoms with Crippen LogP contribution in [0.25, 0.3) is 0 Å². The van der Waals surface area contributed by atoms with Gasteiger partial charge < -0.3 is 5.32 Å². The molecule has 0 aliphatic carbocycles. The first-order valence-electron chi connectivity index (χ1n) is 9.35. The summed E-state index contributed by atoms with van der Waals surface area (Å²) in [4.78, 5) is 15.4. The maximum Gasteiger partial charge on any atom is 0.228 e. The van der Waals surface area contributed by atoms with Gasteiger partial charge in [-0.3, -0.25) is 9.58 Å². The molecule has 0 bridgehead atoms. The molecule has 3 aromatic heterocycles. The van der Waals surface area contributed by atoms with Crippen molar-refractivity contribution in [2.75, 3.05) is 11.9 Å². The average Bonchev–Trinajstić information content (AvgIpc) is 3.23. The molecule has 1 saturated heterocycles. The second-order valence-electron chi connectivity index (χ2n) is 7.07. The summed E-state index contributed by atoms with van der Waals surface area (Å²) < 4.78 is 1.98. The quantitative estimate of drug-likeness (QED) is 0.750. The summed E-state index contributed by atoms with van der Waals surface area (Å²) in [7, 11) is 2.01. The van der Waals surface area contributed by atoms with E-state index in [4.69, 9.17) is 0 Å². The number of likely N-dealkylation sites (tertiary alicyclic amines) is 1. The fraction of sp³-hybridized carbons (Fsp3) is 0.400. The largest absolute Gasteiger partial charge is 0.309 e. The van der Waals surface area contributed by atoms with E-state index in [1.807, 2.05) is 17.9 Å². The lowest BCUT2D eigenvalue weighted by Crippen LogP contribution is -2.23. The zero-order valence-electron chi connectivity index (χ0n) is 16.1. The lowest BCUT2D eigenvalue weighted by Gasteiger charge is -2.25. The van der Waals surface area contributed by atoms with Gasteiger partial charge in [0, 0.05) is 49.5 Å². The minimum atomic E-state index is 0.393. The van der Waals surface area contributed by atoms with Crippen LogP contribution in [-0.2, 0) is 13.6 Å². The number of pyridine rings is 1. The van der Waals surface area contributed by atoms with Gasteiger partial charge in [0.25, 0.3) is 0 Å². The first-order valence-corrected chi connectivity index (χ1v) is 9.35. The summed E-state index contributed by atoms with van der Waals surface area (Å²) in [6.45, 7) is 6.28. The van der Waals surface area contributed by atoms with E-state index in [1.54, 1.807) is 18.5 Å². The Bertz CT molecular complexity index is 919. The van der Waals surface area contributed by atoms with Crippen LogP contribution in [0.4, 0.5) is 11.8 Å². The minimum Gasteiger partial charge on any atom is -0.309 e. The van der Waals surface area contributed by atoms with E-state index in [1.165, 1.54) is 23.2 Å².